The van der Waals surface area contributed by atoms with E-state index in [9.17, 15) is 13.5 Å². The Morgan fingerprint density at radius 2 is 2.04 bits per heavy atom. The predicted octanol–water partition coefficient (Wildman–Crippen LogP) is 0.411. The average Bonchev–Trinajstić information content (AvgIpc) is 2.95. The third kappa shape index (κ3) is 3.63. The number of hydrogen-bond donors (Lipinski definition) is 1. The maximum Gasteiger partial charge on any atom is 0.240 e. The molecule has 0 aliphatic carbocycles. The quantitative estimate of drug-likeness (QED) is 0.832. The van der Waals surface area contributed by atoms with Crippen LogP contribution in [0.25, 0.3) is 0 Å². The van der Waals surface area contributed by atoms with Gasteiger partial charge in [0.15, 0.2) is 5.82 Å². The highest BCUT2D eigenvalue weighted by molar-refractivity contribution is 7.88. The molecule has 2 aliphatic heterocycles. The van der Waals surface area contributed by atoms with Gasteiger partial charge in [-0.2, -0.15) is 4.98 Å². The molecule has 0 aromatic carbocycles. The van der Waals surface area contributed by atoms with Crippen molar-refractivity contribution in [2.45, 2.75) is 44.8 Å². The summed E-state index contributed by atoms with van der Waals surface area (Å²) >= 11 is 0. The van der Waals surface area contributed by atoms with Crippen LogP contribution >= 0.6 is 0 Å². The van der Waals surface area contributed by atoms with Crippen molar-refractivity contribution in [2.24, 2.45) is 5.92 Å². The van der Waals surface area contributed by atoms with E-state index in [0.29, 0.717) is 50.7 Å². The van der Waals surface area contributed by atoms with Crippen LogP contribution in [0.2, 0.25) is 0 Å². The van der Waals surface area contributed by atoms with Crippen LogP contribution in [0.5, 0.6) is 0 Å². The summed E-state index contributed by atoms with van der Waals surface area (Å²) in [5.74, 6) is 1.39. The van der Waals surface area contributed by atoms with Crippen molar-refractivity contribution in [1.29, 1.82) is 0 Å². The van der Waals surface area contributed by atoms with Gasteiger partial charge in [0.1, 0.15) is 0 Å². The minimum Gasteiger partial charge on any atom is -0.389 e. The van der Waals surface area contributed by atoms with Crippen molar-refractivity contribution in [1.82, 2.24) is 19.3 Å². The van der Waals surface area contributed by atoms with E-state index in [1.54, 1.807) is 0 Å². The molecular weight excluding hydrogens is 332 g/mol. The molecule has 1 aromatic rings. The number of fused-ring (bicyclic) bond motifs is 1. The molecule has 8 nitrogen and oxygen atoms in total. The Bertz CT molecular complexity index is 689. The lowest BCUT2D eigenvalue weighted by Crippen LogP contribution is -2.60. The van der Waals surface area contributed by atoms with E-state index in [1.807, 2.05) is 13.8 Å². The fourth-order valence-corrected chi connectivity index (χ4v) is 4.42. The standard InChI is InChI=1S/C15H26N4O4S/c1-11(2)14-16-13(23-17-14)10-18-6-4-15(20)5-7-19(24(3,21)22)9-12(15)8-18/h11-12,20H,4-10H2,1-3H3/t12-,15-/m1/s1. The summed E-state index contributed by atoms with van der Waals surface area (Å²) < 4.78 is 30.4. The van der Waals surface area contributed by atoms with Crippen LogP contribution in [0, 0.1) is 5.92 Å². The van der Waals surface area contributed by atoms with Gasteiger partial charge in [-0.05, 0) is 12.8 Å². The summed E-state index contributed by atoms with van der Waals surface area (Å²) in [6, 6.07) is 0. The van der Waals surface area contributed by atoms with Crippen molar-refractivity contribution in [3.05, 3.63) is 11.7 Å². The van der Waals surface area contributed by atoms with E-state index < -0.39 is 15.6 Å². The second kappa shape index (κ2) is 6.36. The van der Waals surface area contributed by atoms with Crippen molar-refractivity contribution < 1.29 is 18.0 Å². The Hall–Kier alpha value is -1.03. The second-order valence-corrected chi connectivity index (χ2v) is 9.34. The number of sulfonamides is 1. The highest BCUT2D eigenvalue weighted by Crippen LogP contribution is 2.36. The van der Waals surface area contributed by atoms with Crippen LogP contribution < -0.4 is 0 Å². The van der Waals surface area contributed by atoms with Gasteiger partial charge in [0.2, 0.25) is 15.9 Å². The lowest BCUT2D eigenvalue weighted by Gasteiger charge is -2.49. The lowest BCUT2D eigenvalue weighted by molar-refractivity contribution is -0.104. The van der Waals surface area contributed by atoms with Gasteiger partial charge in [0, 0.05) is 38.0 Å². The summed E-state index contributed by atoms with van der Waals surface area (Å²) in [7, 11) is -3.22. The zero-order valence-electron chi connectivity index (χ0n) is 14.5. The van der Waals surface area contributed by atoms with Crippen LogP contribution in [-0.2, 0) is 16.6 Å². The van der Waals surface area contributed by atoms with Gasteiger partial charge in [-0.1, -0.05) is 19.0 Å². The number of rotatable bonds is 4. The highest BCUT2D eigenvalue weighted by atomic mass is 32.2. The molecule has 1 N–H and O–H groups in total. The fourth-order valence-electron chi connectivity index (χ4n) is 3.54. The summed E-state index contributed by atoms with van der Waals surface area (Å²) in [5.41, 5.74) is -0.768. The van der Waals surface area contributed by atoms with Gasteiger partial charge in [-0.3, -0.25) is 4.90 Å². The van der Waals surface area contributed by atoms with Gasteiger partial charge in [0.05, 0.1) is 18.4 Å². The average molecular weight is 358 g/mol. The first kappa shape index (κ1) is 17.8. The van der Waals surface area contributed by atoms with E-state index in [1.165, 1.54) is 10.6 Å². The number of likely N-dealkylation sites (tertiary alicyclic amines) is 1. The SMILES string of the molecule is CC(C)c1noc(CN2CC[C@@]3(O)CCN(S(C)(=O)=O)C[C@H]3C2)n1. The van der Waals surface area contributed by atoms with Gasteiger partial charge in [-0.15, -0.1) is 0 Å². The molecule has 2 aliphatic rings. The van der Waals surface area contributed by atoms with Crippen LogP contribution in [0.4, 0.5) is 0 Å². The zero-order valence-corrected chi connectivity index (χ0v) is 15.3. The first-order chi connectivity index (χ1) is 11.2. The predicted molar refractivity (Wildman–Crippen MR) is 87.8 cm³/mol. The molecule has 2 fully saturated rings. The molecule has 2 atom stereocenters. The lowest BCUT2D eigenvalue weighted by atomic mass is 9.76. The molecule has 3 heterocycles. The van der Waals surface area contributed by atoms with Crippen LogP contribution in [-0.4, -0.2) is 70.9 Å². The molecule has 136 valence electrons. The Morgan fingerprint density at radius 3 is 2.67 bits per heavy atom. The molecule has 0 saturated carbocycles. The van der Waals surface area contributed by atoms with Gasteiger partial charge in [-0.25, -0.2) is 12.7 Å². The van der Waals surface area contributed by atoms with Gasteiger partial charge in [0.25, 0.3) is 0 Å². The summed E-state index contributed by atoms with van der Waals surface area (Å²) in [4.78, 5) is 6.55. The van der Waals surface area contributed by atoms with Crippen molar-refractivity contribution in [3.8, 4) is 0 Å². The minimum atomic E-state index is -3.22. The second-order valence-electron chi connectivity index (χ2n) is 7.36. The van der Waals surface area contributed by atoms with Gasteiger partial charge >= 0.3 is 0 Å². The first-order valence-corrected chi connectivity index (χ1v) is 10.2. The molecule has 1 aromatic heterocycles. The Morgan fingerprint density at radius 1 is 1.33 bits per heavy atom. The highest BCUT2D eigenvalue weighted by Gasteiger charge is 2.46. The minimum absolute atomic E-state index is 0.0952. The summed E-state index contributed by atoms with van der Waals surface area (Å²) in [5, 5.41) is 14.8. The van der Waals surface area contributed by atoms with E-state index in [-0.39, 0.29) is 11.8 Å². The maximum absolute atomic E-state index is 11.8. The molecule has 24 heavy (non-hydrogen) atoms. The summed E-state index contributed by atoms with van der Waals surface area (Å²) in [6.45, 7) is 6.69. The molecule has 9 heteroatoms. The van der Waals surface area contributed by atoms with Crippen molar-refractivity contribution >= 4 is 10.0 Å². The van der Waals surface area contributed by atoms with Crippen molar-refractivity contribution in [2.75, 3.05) is 32.4 Å². The molecular formula is C15H26N4O4S. The maximum atomic E-state index is 11.8. The van der Waals surface area contributed by atoms with Crippen LogP contribution in [0.1, 0.15) is 44.3 Å². The van der Waals surface area contributed by atoms with Crippen LogP contribution in [0.15, 0.2) is 4.52 Å². The van der Waals surface area contributed by atoms with E-state index >= 15 is 0 Å². The van der Waals surface area contributed by atoms with Gasteiger partial charge < -0.3 is 9.63 Å². The number of piperidine rings is 2. The number of hydrogen-bond acceptors (Lipinski definition) is 7. The third-order valence-corrected chi connectivity index (χ3v) is 6.42. The number of nitrogens with zero attached hydrogens (tertiary/aromatic N) is 4. The smallest absolute Gasteiger partial charge is 0.240 e. The largest absolute Gasteiger partial charge is 0.389 e. The molecule has 0 spiro atoms. The monoisotopic (exact) mass is 358 g/mol. The molecule has 0 unspecified atom stereocenters. The molecule has 0 bridgehead atoms. The first-order valence-electron chi connectivity index (χ1n) is 8.40. The Kier molecular flexibility index (Phi) is 4.71. The molecule has 0 radical (unpaired) electrons. The molecule has 0 amide bonds. The third-order valence-electron chi connectivity index (χ3n) is 5.15. The van der Waals surface area contributed by atoms with E-state index in [0.717, 1.165) is 6.54 Å². The fraction of sp³-hybridized carbons (Fsp3) is 0.867. The summed E-state index contributed by atoms with van der Waals surface area (Å²) in [6.07, 6.45) is 2.36. The Labute approximate surface area is 142 Å². The van der Waals surface area contributed by atoms with E-state index in [2.05, 4.69) is 15.0 Å². The number of aromatic nitrogens is 2. The van der Waals surface area contributed by atoms with E-state index in [4.69, 9.17) is 4.52 Å². The normalized spacial score (nSPS) is 29.8. The Balaban J connectivity index is 1.66. The number of aliphatic hydroxyl groups is 1. The van der Waals surface area contributed by atoms with Crippen molar-refractivity contribution in [3.63, 3.8) is 0 Å². The molecule has 3 rings (SSSR count). The molecule has 2 saturated heterocycles. The van der Waals surface area contributed by atoms with Crippen LogP contribution in [0.3, 0.4) is 0 Å². The topological polar surface area (TPSA) is 99.8 Å². The zero-order chi connectivity index (χ0) is 17.5.